The van der Waals surface area contributed by atoms with Crippen LogP contribution in [0.15, 0.2) is 63.9 Å². The molecule has 5 unspecified atom stereocenters. The normalized spacial score (nSPS) is 24.1. The highest BCUT2D eigenvalue weighted by Crippen LogP contribution is 2.33. The van der Waals surface area contributed by atoms with E-state index in [4.69, 9.17) is 31.1 Å². The Kier molecular flexibility index (Phi) is 6.29. The molecule has 0 saturated carbocycles. The molecule has 2 aliphatic heterocycles. The number of nitriles is 1. The Morgan fingerprint density at radius 2 is 1.74 bits per heavy atom. The fourth-order valence-corrected chi connectivity index (χ4v) is 5.86. The van der Waals surface area contributed by atoms with Gasteiger partial charge < -0.3 is 24.3 Å². The number of hydrogen-bond donors (Lipinski definition) is 2. The largest absolute Gasteiger partial charge is 0.456 e. The summed E-state index contributed by atoms with van der Waals surface area (Å²) in [6.45, 7) is 0.517. The van der Waals surface area contributed by atoms with E-state index in [0.29, 0.717) is 33.4 Å². The SMILES string of the molecule is CS(=O)(=NC#N)c1ccc(-c2ccc(-c3nc4nc(OC5COC6C(O)COC56)[nH]c4cc3Cl)cc2)cc1. The van der Waals surface area contributed by atoms with Gasteiger partial charge >= 0.3 is 0 Å². The Morgan fingerprint density at radius 3 is 2.45 bits per heavy atom. The first-order valence-corrected chi connectivity index (χ1v) is 14.1. The molecule has 4 heterocycles. The number of halogens is 1. The first kappa shape index (κ1) is 24.8. The highest BCUT2D eigenvalue weighted by atomic mass is 35.5. The molecule has 2 saturated heterocycles. The molecule has 2 aromatic carbocycles. The van der Waals surface area contributed by atoms with E-state index >= 15 is 0 Å². The summed E-state index contributed by atoms with van der Waals surface area (Å²) in [5.74, 6) is 0. The lowest BCUT2D eigenvalue weighted by atomic mass is 10.0. The lowest BCUT2D eigenvalue weighted by molar-refractivity contribution is 0.00706. The number of aliphatic hydroxyl groups is 1. The predicted molar refractivity (Wildman–Crippen MR) is 140 cm³/mol. The minimum absolute atomic E-state index is 0.221. The van der Waals surface area contributed by atoms with Crippen molar-refractivity contribution in [3.05, 3.63) is 59.6 Å². The Bertz CT molecular complexity index is 1680. The van der Waals surface area contributed by atoms with Crippen molar-refractivity contribution in [3.8, 4) is 34.6 Å². The van der Waals surface area contributed by atoms with Crippen LogP contribution in [0.3, 0.4) is 0 Å². The topological polar surface area (TPSA) is 143 Å². The number of imidazole rings is 1. The molecule has 12 heteroatoms. The van der Waals surface area contributed by atoms with Crippen molar-refractivity contribution in [1.82, 2.24) is 15.0 Å². The van der Waals surface area contributed by atoms with Gasteiger partial charge in [0.2, 0.25) is 6.19 Å². The number of aromatic nitrogens is 3. The van der Waals surface area contributed by atoms with Gasteiger partial charge in [-0.3, -0.25) is 0 Å². The molecule has 2 N–H and O–H groups in total. The molecule has 0 amide bonds. The van der Waals surface area contributed by atoms with Gasteiger partial charge in [0.15, 0.2) is 11.8 Å². The van der Waals surface area contributed by atoms with Crippen LogP contribution in [0.1, 0.15) is 0 Å². The number of hydrogen-bond acceptors (Lipinski definition) is 9. The van der Waals surface area contributed by atoms with Gasteiger partial charge in [0.05, 0.1) is 39.2 Å². The molecular formula is C26H22ClN5O5S. The van der Waals surface area contributed by atoms with E-state index in [0.717, 1.165) is 16.7 Å². The van der Waals surface area contributed by atoms with E-state index in [-0.39, 0.29) is 18.7 Å². The van der Waals surface area contributed by atoms with Gasteiger partial charge in [0.1, 0.15) is 18.3 Å². The minimum Gasteiger partial charge on any atom is -0.456 e. The van der Waals surface area contributed by atoms with Crippen LogP contribution in [-0.2, 0) is 19.2 Å². The molecule has 194 valence electrons. The van der Waals surface area contributed by atoms with Crippen molar-refractivity contribution in [1.29, 1.82) is 5.26 Å². The molecule has 2 fully saturated rings. The van der Waals surface area contributed by atoms with Crippen LogP contribution in [0, 0.1) is 11.5 Å². The number of benzene rings is 2. The van der Waals surface area contributed by atoms with Gasteiger partial charge in [0.25, 0.3) is 6.01 Å². The summed E-state index contributed by atoms with van der Waals surface area (Å²) in [7, 11) is -2.74. The van der Waals surface area contributed by atoms with Crippen molar-refractivity contribution in [2.75, 3.05) is 19.5 Å². The van der Waals surface area contributed by atoms with Crippen molar-refractivity contribution in [2.45, 2.75) is 29.3 Å². The Morgan fingerprint density at radius 1 is 1.08 bits per heavy atom. The summed E-state index contributed by atoms with van der Waals surface area (Å²) >= 11 is 6.57. The molecular weight excluding hydrogens is 530 g/mol. The third-order valence-electron chi connectivity index (χ3n) is 6.65. The zero-order chi connectivity index (χ0) is 26.4. The Balaban J connectivity index is 1.22. The van der Waals surface area contributed by atoms with Gasteiger partial charge in [-0.15, -0.1) is 4.36 Å². The van der Waals surface area contributed by atoms with E-state index in [2.05, 4.69) is 19.3 Å². The Hall–Kier alpha value is -3.53. The van der Waals surface area contributed by atoms with Crippen LogP contribution in [0.2, 0.25) is 5.02 Å². The van der Waals surface area contributed by atoms with Crippen molar-refractivity contribution < 1.29 is 23.5 Å². The van der Waals surface area contributed by atoms with Gasteiger partial charge in [-0.2, -0.15) is 10.2 Å². The molecule has 0 spiro atoms. The molecule has 6 rings (SSSR count). The second-order valence-electron chi connectivity index (χ2n) is 9.15. The zero-order valence-corrected chi connectivity index (χ0v) is 21.6. The average Bonchev–Trinajstić information content (AvgIpc) is 3.60. The van der Waals surface area contributed by atoms with E-state index < -0.39 is 28.0 Å². The fourth-order valence-electron chi connectivity index (χ4n) is 4.69. The molecule has 2 aromatic heterocycles. The molecule has 4 aromatic rings. The molecule has 0 aliphatic carbocycles. The maximum absolute atomic E-state index is 12.5. The summed E-state index contributed by atoms with van der Waals surface area (Å²) in [4.78, 5) is 12.7. The summed E-state index contributed by atoms with van der Waals surface area (Å²) in [6, 6.07) is 16.9. The van der Waals surface area contributed by atoms with Crippen molar-refractivity contribution in [3.63, 3.8) is 0 Å². The lowest BCUT2D eigenvalue weighted by Gasteiger charge is -2.15. The monoisotopic (exact) mass is 551 g/mol. The maximum atomic E-state index is 12.5. The first-order valence-electron chi connectivity index (χ1n) is 11.8. The zero-order valence-electron chi connectivity index (χ0n) is 20.1. The molecule has 10 nitrogen and oxygen atoms in total. The molecule has 2 aliphatic rings. The van der Waals surface area contributed by atoms with E-state index in [1.807, 2.05) is 36.4 Å². The number of aliphatic hydroxyl groups excluding tert-OH is 1. The third kappa shape index (κ3) is 4.51. The third-order valence-corrected chi connectivity index (χ3v) is 8.51. The molecule has 0 radical (unpaired) electrons. The van der Waals surface area contributed by atoms with Crippen LogP contribution >= 0.6 is 11.6 Å². The van der Waals surface area contributed by atoms with Crippen LogP contribution in [-0.4, -0.2) is 68.2 Å². The number of ether oxygens (including phenoxy) is 3. The fraction of sp³-hybridized carbons (Fsp3) is 0.269. The Labute approximate surface area is 223 Å². The predicted octanol–water partition coefficient (Wildman–Crippen LogP) is 3.79. The smallest absolute Gasteiger partial charge is 0.296 e. The highest BCUT2D eigenvalue weighted by molar-refractivity contribution is 7.93. The van der Waals surface area contributed by atoms with E-state index in [1.165, 1.54) is 6.26 Å². The number of nitrogens with zero attached hydrogens (tertiary/aromatic N) is 4. The number of fused-ring (bicyclic) bond motifs is 2. The van der Waals surface area contributed by atoms with Crippen molar-refractivity contribution >= 4 is 32.5 Å². The second-order valence-corrected chi connectivity index (χ2v) is 11.8. The molecule has 38 heavy (non-hydrogen) atoms. The number of aromatic amines is 1. The highest BCUT2D eigenvalue weighted by Gasteiger charge is 2.48. The van der Waals surface area contributed by atoms with Crippen LogP contribution in [0.5, 0.6) is 6.01 Å². The van der Waals surface area contributed by atoms with Gasteiger partial charge in [-0.05, 0) is 29.3 Å². The molecule has 5 atom stereocenters. The lowest BCUT2D eigenvalue weighted by Crippen LogP contribution is -2.34. The van der Waals surface area contributed by atoms with Crippen LogP contribution < -0.4 is 4.74 Å². The van der Waals surface area contributed by atoms with Gasteiger partial charge in [0, 0.05) is 16.7 Å². The van der Waals surface area contributed by atoms with Crippen molar-refractivity contribution in [2.24, 2.45) is 4.36 Å². The summed E-state index contributed by atoms with van der Waals surface area (Å²) in [5.41, 5.74) is 4.34. The van der Waals surface area contributed by atoms with Gasteiger partial charge in [-0.1, -0.05) is 48.0 Å². The number of pyridine rings is 1. The number of rotatable bonds is 5. The second kappa shape index (κ2) is 9.65. The van der Waals surface area contributed by atoms with Gasteiger partial charge in [-0.25, -0.2) is 9.19 Å². The minimum atomic E-state index is -2.74. The average molecular weight is 552 g/mol. The standard InChI is InChI=1S/C26H22ClN5O5S/c1-38(34,29-13-28)17-8-6-15(7-9-17)14-2-4-16(5-3-14)22-18(27)10-19-25(31-22)32-26(30-19)37-21-12-36-23-20(33)11-35-24(21)23/h2-10,20-21,23-24,33H,11-12H2,1H3,(H,30,31,32). The molecule has 0 bridgehead atoms. The summed E-state index contributed by atoms with van der Waals surface area (Å²) in [5, 5.41) is 19.1. The van der Waals surface area contributed by atoms with Crippen LogP contribution in [0.25, 0.3) is 33.5 Å². The summed E-state index contributed by atoms with van der Waals surface area (Å²) < 4.78 is 33.2. The summed E-state index contributed by atoms with van der Waals surface area (Å²) in [6.07, 6.45) is 1.27. The van der Waals surface area contributed by atoms with E-state index in [1.54, 1.807) is 24.4 Å². The van der Waals surface area contributed by atoms with E-state index in [9.17, 15) is 9.32 Å². The quantitative estimate of drug-likeness (QED) is 0.357. The maximum Gasteiger partial charge on any atom is 0.296 e. The number of H-pyrrole nitrogens is 1. The van der Waals surface area contributed by atoms with Crippen LogP contribution in [0.4, 0.5) is 0 Å². The first-order chi connectivity index (χ1) is 18.3. The number of nitrogens with one attached hydrogen (secondary N) is 1.